The van der Waals surface area contributed by atoms with Crippen LogP contribution < -0.4 is 11.1 Å². The molecule has 0 heterocycles. The van der Waals surface area contributed by atoms with Crippen LogP contribution in [-0.4, -0.2) is 12.6 Å². The van der Waals surface area contributed by atoms with Gasteiger partial charge in [-0.15, -0.1) is 0 Å². The van der Waals surface area contributed by atoms with Crippen molar-refractivity contribution < 1.29 is 4.39 Å². The number of anilines is 1. The third-order valence-corrected chi connectivity index (χ3v) is 4.22. The highest BCUT2D eigenvalue weighted by atomic mass is 79.9. The van der Waals surface area contributed by atoms with E-state index in [4.69, 9.17) is 17.3 Å². The second kappa shape index (κ2) is 5.55. The van der Waals surface area contributed by atoms with Crippen LogP contribution in [0.15, 0.2) is 16.6 Å². The van der Waals surface area contributed by atoms with E-state index in [2.05, 4.69) is 21.2 Å². The first-order valence-corrected chi connectivity index (χ1v) is 6.90. The second-order valence-corrected chi connectivity index (χ2v) is 5.68. The van der Waals surface area contributed by atoms with Gasteiger partial charge in [0, 0.05) is 10.5 Å². The Morgan fingerprint density at radius 3 is 2.88 bits per heavy atom. The summed E-state index contributed by atoms with van der Waals surface area (Å²) >= 11 is 9.37. The van der Waals surface area contributed by atoms with E-state index in [0.29, 0.717) is 28.0 Å². The summed E-state index contributed by atoms with van der Waals surface area (Å²) in [7, 11) is 0. The van der Waals surface area contributed by atoms with Gasteiger partial charge in [-0.3, -0.25) is 0 Å². The molecule has 0 amide bonds. The van der Waals surface area contributed by atoms with Crippen LogP contribution in [0.25, 0.3) is 0 Å². The Balaban J connectivity index is 2.18. The Morgan fingerprint density at radius 1 is 1.47 bits per heavy atom. The molecule has 1 aromatic carbocycles. The molecule has 1 aliphatic rings. The number of hydrogen-bond acceptors (Lipinski definition) is 2. The van der Waals surface area contributed by atoms with Crippen LogP contribution in [0, 0.1) is 11.7 Å². The molecule has 3 N–H and O–H groups in total. The molecule has 1 fully saturated rings. The zero-order chi connectivity index (χ0) is 12.4. The fourth-order valence-corrected chi connectivity index (χ4v) is 3.30. The van der Waals surface area contributed by atoms with Gasteiger partial charge in [0.25, 0.3) is 0 Å². The van der Waals surface area contributed by atoms with Gasteiger partial charge in [-0.1, -0.05) is 18.0 Å². The van der Waals surface area contributed by atoms with Gasteiger partial charge >= 0.3 is 0 Å². The molecule has 2 unspecified atom stereocenters. The van der Waals surface area contributed by atoms with Crippen LogP contribution in [-0.2, 0) is 0 Å². The molecule has 94 valence electrons. The predicted octanol–water partition coefficient (Wildman–Crippen LogP) is 3.78. The summed E-state index contributed by atoms with van der Waals surface area (Å²) in [6, 6.07) is 3.07. The predicted molar refractivity (Wildman–Crippen MR) is 72.9 cm³/mol. The van der Waals surface area contributed by atoms with Crippen molar-refractivity contribution in [2.45, 2.75) is 25.3 Å². The summed E-state index contributed by atoms with van der Waals surface area (Å²) in [5.41, 5.74) is 6.50. The number of benzene rings is 1. The monoisotopic (exact) mass is 320 g/mol. The fourth-order valence-electron chi connectivity index (χ4n) is 2.37. The smallest absolute Gasteiger partial charge is 0.125 e. The average Bonchev–Trinajstić information content (AvgIpc) is 2.70. The highest BCUT2D eigenvalue weighted by molar-refractivity contribution is 9.10. The molecule has 0 spiro atoms. The first-order chi connectivity index (χ1) is 8.11. The van der Waals surface area contributed by atoms with Crippen LogP contribution in [0.4, 0.5) is 10.1 Å². The van der Waals surface area contributed by atoms with Crippen LogP contribution >= 0.6 is 27.5 Å². The topological polar surface area (TPSA) is 38.0 Å². The van der Waals surface area contributed by atoms with E-state index < -0.39 is 0 Å². The van der Waals surface area contributed by atoms with Gasteiger partial charge in [-0.2, -0.15) is 0 Å². The molecule has 0 aromatic heterocycles. The standard InChI is InChI=1S/C12H15BrClFN2/c13-9-4-8(15)5-10(14)12(9)17-11-3-1-2-7(11)6-16/h4-5,7,11,17H,1-3,6,16H2. The quantitative estimate of drug-likeness (QED) is 0.889. The average molecular weight is 322 g/mol. The highest BCUT2D eigenvalue weighted by Crippen LogP contribution is 2.35. The first-order valence-electron chi connectivity index (χ1n) is 5.73. The molecule has 17 heavy (non-hydrogen) atoms. The Kier molecular flexibility index (Phi) is 4.28. The van der Waals surface area contributed by atoms with Crippen molar-refractivity contribution in [1.29, 1.82) is 0 Å². The number of rotatable bonds is 3. The largest absolute Gasteiger partial charge is 0.380 e. The number of hydrogen-bond donors (Lipinski definition) is 2. The molecule has 0 radical (unpaired) electrons. The van der Waals surface area contributed by atoms with E-state index >= 15 is 0 Å². The van der Waals surface area contributed by atoms with Gasteiger partial charge in [0.2, 0.25) is 0 Å². The van der Waals surface area contributed by atoms with Crippen LogP contribution in [0.2, 0.25) is 5.02 Å². The van der Waals surface area contributed by atoms with Crippen LogP contribution in [0.1, 0.15) is 19.3 Å². The molecule has 2 atom stereocenters. The summed E-state index contributed by atoms with van der Waals surface area (Å²) in [4.78, 5) is 0. The first kappa shape index (κ1) is 13.1. The molecule has 0 saturated heterocycles. The van der Waals surface area contributed by atoms with E-state index in [1.54, 1.807) is 0 Å². The van der Waals surface area contributed by atoms with Crippen molar-refractivity contribution in [3.63, 3.8) is 0 Å². The molecule has 5 heteroatoms. The van der Waals surface area contributed by atoms with E-state index in [0.717, 1.165) is 18.5 Å². The number of nitrogens with one attached hydrogen (secondary N) is 1. The summed E-state index contributed by atoms with van der Waals surface area (Å²) in [5, 5.41) is 3.78. The molecule has 2 nitrogen and oxygen atoms in total. The summed E-state index contributed by atoms with van der Waals surface area (Å²) < 4.78 is 13.8. The molecule has 1 aromatic rings. The van der Waals surface area contributed by atoms with Crippen molar-refractivity contribution in [2.24, 2.45) is 11.7 Å². The van der Waals surface area contributed by atoms with Crippen molar-refractivity contribution in [3.8, 4) is 0 Å². The van der Waals surface area contributed by atoms with E-state index in [-0.39, 0.29) is 5.82 Å². The molecular weight excluding hydrogens is 307 g/mol. The van der Waals surface area contributed by atoms with Crippen LogP contribution in [0.3, 0.4) is 0 Å². The van der Waals surface area contributed by atoms with Crippen molar-refractivity contribution in [2.75, 3.05) is 11.9 Å². The lowest BCUT2D eigenvalue weighted by Gasteiger charge is -2.22. The molecule has 1 saturated carbocycles. The third kappa shape index (κ3) is 2.92. The van der Waals surface area contributed by atoms with Gasteiger partial charge in [-0.25, -0.2) is 4.39 Å². The Hall–Kier alpha value is -0.320. The lowest BCUT2D eigenvalue weighted by Crippen LogP contribution is -2.29. The maximum atomic E-state index is 13.1. The lowest BCUT2D eigenvalue weighted by atomic mass is 10.0. The summed E-state index contributed by atoms with van der Waals surface area (Å²) in [6.07, 6.45) is 3.41. The van der Waals surface area contributed by atoms with Gasteiger partial charge in [0.15, 0.2) is 0 Å². The molecule has 1 aliphatic carbocycles. The van der Waals surface area contributed by atoms with E-state index in [9.17, 15) is 4.39 Å². The van der Waals surface area contributed by atoms with E-state index in [1.165, 1.54) is 18.6 Å². The zero-order valence-corrected chi connectivity index (χ0v) is 11.7. The normalized spacial score (nSPS) is 24.0. The maximum Gasteiger partial charge on any atom is 0.125 e. The van der Waals surface area contributed by atoms with Crippen molar-refractivity contribution in [3.05, 3.63) is 27.4 Å². The lowest BCUT2D eigenvalue weighted by molar-refractivity contribution is 0.516. The Bertz CT molecular complexity index is 390. The second-order valence-electron chi connectivity index (χ2n) is 4.42. The van der Waals surface area contributed by atoms with Gasteiger partial charge in [0.05, 0.1) is 10.7 Å². The summed E-state index contributed by atoms with van der Waals surface area (Å²) in [5.74, 6) is 0.136. The maximum absolute atomic E-state index is 13.1. The van der Waals surface area contributed by atoms with Gasteiger partial charge in [0.1, 0.15) is 5.82 Å². The van der Waals surface area contributed by atoms with Gasteiger partial charge in [-0.05, 0) is 53.4 Å². The van der Waals surface area contributed by atoms with Crippen molar-refractivity contribution in [1.82, 2.24) is 0 Å². The minimum Gasteiger partial charge on any atom is -0.380 e. The number of nitrogens with two attached hydrogens (primary N) is 1. The SMILES string of the molecule is NCC1CCCC1Nc1c(Cl)cc(F)cc1Br. The fraction of sp³-hybridized carbons (Fsp3) is 0.500. The van der Waals surface area contributed by atoms with E-state index in [1.807, 2.05) is 0 Å². The Morgan fingerprint density at radius 2 is 2.24 bits per heavy atom. The Labute approximate surface area is 114 Å². The minimum absolute atomic E-state index is 0.333. The zero-order valence-electron chi connectivity index (χ0n) is 9.35. The van der Waals surface area contributed by atoms with Crippen molar-refractivity contribution >= 4 is 33.2 Å². The molecular formula is C12H15BrClFN2. The minimum atomic E-state index is -0.339. The molecule has 0 aliphatic heterocycles. The van der Waals surface area contributed by atoms with Crippen LogP contribution in [0.5, 0.6) is 0 Å². The molecule has 0 bridgehead atoms. The van der Waals surface area contributed by atoms with Gasteiger partial charge < -0.3 is 11.1 Å². The molecule has 2 rings (SSSR count). The number of halogens is 3. The summed E-state index contributed by atoms with van der Waals surface area (Å²) in [6.45, 7) is 0.675. The third-order valence-electron chi connectivity index (χ3n) is 3.30. The highest BCUT2D eigenvalue weighted by Gasteiger charge is 2.27.